The van der Waals surface area contributed by atoms with Gasteiger partial charge in [-0.3, -0.25) is 0 Å². The van der Waals surface area contributed by atoms with E-state index in [1.165, 1.54) is 0 Å². The molecule has 3 aromatic rings. The molecular weight excluding hydrogens is 435 g/mol. The van der Waals surface area contributed by atoms with E-state index in [9.17, 15) is 0 Å². The first kappa shape index (κ1) is 15.5. The summed E-state index contributed by atoms with van der Waals surface area (Å²) in [6.07, 6.45) is 0. The fourth-order valence-corrected chi connectivity index (χ4v) is 2.75. The lowest BCUT2D eigenvalue weighted by molar-refractivity contribution is 0.264. The number of aromatic nitrogens is 2. The van der Waals surface area contributed by atoms with Crippen molar-refractivity contribution in [3.8, 4) is 17.2 Å². The highest BCUT2D eigenvalue weighted by Gasteiger charge is 2.10. The third kappa shape index (κ3) is 3.69. The number of hydrogen-bond donors (Lipinski definition) is 0. The molecule has 2 aromatic carbocycles. The summed E-state index contributed by atoms with van der Waals surface area (Å²) in [7, 11) is 0. The maximum atomic E-state index is 6.09. The Labute approximate surface area is 148 Å². The zero-order valence-electron chi connectivity index (χ0n) is 11.1. The van der Waals surface area contributed by atoms with Crippen LogP contribution >= 0.6 is 43.5 Å². The van der Waals surface area contributed by atoms with Gasteiger partial charge in [0.25, 0.3) is 5.89 Å². The van der Waals surface area contributed by atoms with Crippen molar-refractivity contribution in [2.75, 3.05) is 0 Å². The first-order chi connectivity index (χ1) is 10.6. The average molecular weight is 445 g/mol. The highest BCUT2D eigenvalue weighted by Crippen LogP contribution is 2.28. The Morgan fingerprint density at radius 1 is 1.00 bits per heavy atom. The van der Waals surface area contributed by atoms with E-state index in [1.807, 2.05) is 30.3 Å². The molecule has 0 unspecified atom stereocenters. The van der Waals surface area contributed by atoms with Crippen molar-refractivity contribution < 1.29 is 9.15 Å². The number of benzene rings is 2. The zero-order chi connectivity index (χ0) is 15.5. The lowest BCUT2D eigenvalue weighted by Crippen LogP contribution is -1.96. The highest BCUT2D eigenvalue weighted by molar-refractivity contribution is 9.10. The van der Waals surface area contributed by atoms with Gasteiger partial charge in [0, 0.05) is 14.5 Å². The molecule has 0 N–H and O–H groups in total. The summed E-state index contributed by atoms with van der Waals surface area (Å²) in [6.45, 7) is 0.158. The van der Waals surface area contributed by atoms with Gasteiger partial charge in [0.05, 0.1) is 5.02 Å². The van der Waals surface area contributed by atoms with Crippen molar-refractivity contribution in [1.29, 1.82) is 0 Å². The lowest BCUT2D eigenvalue weighted by atomic mass is 10.2. The van der Waals surface area contributed by atoms with E-state index in [0.29, 0.717) is 22.6 Å². The SMILES string of the molecule is Clc1cc(Br)ccc1OCc1nnc(-c2ccc(Br)cc2)o1. The van der Waals surface area contributed by atoms with Crippen molar-refractivity contribution in [2.45, 2.75) is 6.61 Å². The van der Waals surface area contributed by atoms with Gasteiger partial charge in [0.1, 0.15) is 5.75 Å². The van der Waals surface area contributed by atoms with Gasteiger partial charge < -0.3 is 9.15 Å². The molecule has 0 fully saturated rings. The van der Waals surface area contributed by atoms with Gasteiger partial charge in [-0.1, -0.05) is 43.5 Å². The van der Waals surface area contributed by atoms with Gasteiger partial charge in [-0.05, 0) is 42.5 Å². The second-order valence-corrected chi connectivity index (χ2v) is 6.61. The number of hydrogen-bond acceptors (Lipinski definition) is 4. The largest absolute Gasteiger partial charge is 0.482 e. The summed E-state index contributed by atoms with van der Waals surface area (Å²) in [5.74, 6) is 1.40. The summed E-state index contributed by atoms with van der Waals surface area (Å²) < 4.78 is 13.0. The smallest absolute Gasteiger partial charge is 0.254 e. The molecule has 1 heterocycles. The topological polar surface area (TPSA) is 48.2 Å². The van der Waals surface area contributed by atoms with Crippen molar-refractivity contribution >= 4 is 43.5 Å². The van der Waals surface area contributed by atoms with Crippen LogP contribution in [0.25, 0.3) is 11.5 Å². The van der Waals surface area contributed by atoms with Gasteiger partial charge in [-0.25, -0.2) is 0 Å². The molecule has 0 amide bonds. The fourth-order valence-electron chi connectivity index (χ4n) is 1.75. The van der Waals surface area contributed by atoms with E-state index in [0.717, 1.165) is 14.5 Å². The molecule has 0 aliphatic carbocycles. The minimum absolute atomic E-state index is 0.158. The second-order valence-electron chi connectivity index (χ2n) is 4.37. The normalized spacial score (nSPS) is 10.7. The quantitative estimate of drug-likeness (QED) is 0.534. The molecule has 0 spiro atoms. The molecule has 112 valence electrons. The minimum atomic E-state index is 0.158. The first-order valence-electron chi connectivity index (χ1n) is 6.28. The first-order valence-corrected chi connectivity index (χ1v) is 8.24. The van der Waals surface area contributed by atoms with Gasteiger partial charge in [-0.2, -0.15) is 0 Å². The van der Waals surface area contributed by atoms with Crippen LogP contribution < -0.4 is 4.74 Å². The van der Waals surface area contributed by atoms with Crippen LogP contribution in [-0.4, -0.2) is 10.2 Å². The Balaban J connectivity index is 1.70. The molecular formula is C15H9Br2ClN2O2. The molecule has 0 atom stereocenters. The Morgan fingerprint density at radius 3 is 2.45 bits per heavy atom. The Hall–Kier alpha value is -1.37. The molecule has 0 bridgehead atoms. The van der Waals surface area contributed by atoms with Crippen molar-refractivity contribution in [3.05, 3.63) is 62.3 Å². The molecule has 0 aliphatic rings. The molecule has 0 saturated heterocycles. The van der Waals surface area contributed by atoms with E-state index >= 15 is 0 Å². The van der Waals surface area contributed by atoms with Crippen molar-refractivity contribution in [2.24, 2.45) is 0 Å². The summed E-state index contributed by atoms with van der Waals surface area (Å²) >= 11 is 12.8. The summed E-state index contributed by atoms with van der Waals surface area (Å²) in [5, 5.41) is 8.50. The minimum Gasteiger partial charge on any atom is -0.482 e. The molecule has 0 saturated carbocycles. The van der Waals surface area contributed by atoms with E-state index in [1.54, 1.807) is 12.1 Å². The molecule has 1 aromatic heterocycles. The molecule has 0 radical (unpaired) electrons. The molecule has 4 nitrogen and oxygen atoms in total. The van der Waals surface area contributed by atoms with Gasteiger partial charge in [0.2, 0.25) is 5.89 Å². The molecule has 3 rings (SSSR count). The van der Waals surface area contributed by atoms with Crippen LogP contribution in [0, 0.1) is 0 Å². The number of nitrogens with zero attached hydrogens (tertiary/aromatic N) is 2. The lowest BCUT2D eigenvalue weighted by Gasteiger charge is -2.05. The number of halogens is 3. The van der Waals surface area contributed by atoms with E-state index in [-0.39, 0.29) is 6.61 Å². The van der Waals surface area contributed by atoms with Crippen LogP contribution in [0.2, 0.25) is 5.02 Å². The summed E-state index contributed by atoms with van der Waals surface area (Å²) in [5.41, 5.74) is 0.851. The summed E-state index contributed by atoms with van der Waals surface area (Å²) in [4.78, 5) is 0. The van der Waals surface area contributed by atoms with Crippen LogP contribution in [-0.2, 0) is 6.61 Å². The van der Waals surface area contributed by atoms with Crippen LogP contribution in [0.5, 0.6) is 5.75 Å². The molecule has 22 heavy (non-hydrogen) atoms. The maximum absolute atomic E-state index is 6.09. The van der Waals surface area contributed by atoms with Crippen LogP contribution in [0.15, 0.2) is 55.8 Å². The highest BCUT2D eigenvalue weighted by atomic mass is 79.9. The second kappa shape index (κ2) is 6.81. The van der Waals surface area contributed by atoms with E-state index in [2.05, 4.69) is 42.1 Å². The fraction of sp³-hybridized carbons (Fsp3) is 0.0667. The standard InChI is InChI=1S/C15H9Br2ClN2O2/c16-10-3-1-9(2-4-10)15-20-19-14(22-15)8-21-13-6-5-11(17)7-12(13)18/h1-7H,8H2. The molecule has 0 aliphatic heterocycles. The monoisotopic (exact) mass is 442 g/mol. The maximum Gasteiger partial charge on any atom is 0.254 e. The molecule has 7 heteroatoms. The number of ether oxygens (including phenoxy) is 1. The van der Waals surface area contributed by atoms with Crippen molar-refractivity contribution in [1.82, 2.24) is 10.2 Å². The van der Waals surface area contributed by atoms with Gasteiger partial charge in [0.15, 0.2) is 6.61 Å². The predicted molar refractivity (Wildman–Crippen MR) is 90.9 cm³/mol. The van der Waals surface area contributed by atoms with Crippen molar-refractivity contribution in [3.63, 3.8) is 0 Å². The predicted octanol–water partition coefficient (Wildman–Crippen LogP) is 5.49. The Morgan fingerprint density at radius 2 is 1.73 bits per heavy atom. The third-order valence-electron chi connectivity index (χ3n) is 2.80. The van der Waals surface area contributed by atoms with E-state index < -0.39 is 0 Å². The van der Waals surface area contributed by atoms with Crippen LogP contribution in [0.4, 0.5) is 0 Å². The Bertz CT molecular complexity index is 790. The number of rotatable bonds is 4. The Kier molecular flexibility index (Phi) is 4.81. The van der Waals surface area contributed by atoms with E-state index in [4.69, 9.17) is 20.8 Å². The zero-order valence-corrected chi connectivity index (χ0v) is 15.0. The van der Waals surface area contributed by atoms with Gasteiger partial charge >= 0.3 is 0 Å². The van der Waals surface area contributed by atoms with Crippen LogP contribution in [0.1, 0.15) is 5.89 Å². The van der Waals surface area contributed by atoms with Gasteiger partial charge in [-0.15, -0.1) is 10.2 Å². The average Bonchev–Trinajstić information content (AvgIpc) is 2.96. The van der Waals surface area contributed by atoms with Crippen LogP contribution in [0.3, 0.4) is 0 Å². The third-order valence-corrected chi connectivity index (χ3v) is 4.12. The summed E-state index contributed by atoms with van der Waals surface area (Å²) in [6, 6.07) is 13.0.